The smallest absolute Gasteiger partial charge is 0.343 e. The first kappa shape index (κ1) is 17.3. The number of aromatic nitrogens is 3. The number of esters is 1. The van der Waals surface area contributed by atoms with Crippen molar-refractivity contribution in [2.45, 2.75) is 6.92 Å². The third-order valence-corrected chi connectivity index (χ3v) is 4.13. The van der Waals surface area contributed by atoms with Gasteiger partial charge < -0.3 is 4.74 Å². The lowest BCUT2D eigenvalue weighted by atomic mass is 10.2. The fraction of sp³-hybridized carbons (Fsp3) is 0.0500. The molecule has 0 saturated carbocycles. The summed E-state index contributed by atoms with van der Waals surface area (Å²) in [6.07, 6.45) is 0. The molecule has 1 aromatic heterocycles. The summed E-state index contributed by atoms with van der Waals surface area (Å²) in [5, 5.41) is 19.6. The number of nitrogens with zero attached hydrogens (tertiary/aromatic N) is 4. The first-order valence-corrected chi connectivity index (χ1v) is 8.41. The summed E-state index contributed by atoms with van der Waals surface area (Å²) in [7, 11) is 0. The maximum atomic E-state index is 12.5. The van der Waals surface area contributed by atoms with Crippen LogP contribution in [0.1, 0.15) is 15.9 Å². The molecule has 0 radical (unpaired) electrons. The number of non-ortho nitro benzene ring substituents is 1. The second-order valence-electron chi connectivity index (χ2n) is 6.14. The van der Waals surface area contributed by atoms with Gasteiger partial charge in [0, 0.05) is 12.1 Å². The van der Waals surface area contributed by atoms with Gasteiger partial charge in [-0.05, 0) is 48.9 Å². The number of rotatable bonds is 4. The van der Waals surface area contributed by atoms with Crippen LogP contribution in [-0.2, 0) is 0 Å². The van der Waals surface area contributed by atoms with Crippen LogP contribution in [0.15, 0.2) is 66.7 Å². The SMILES string of the molecule is Cc1ccc(OC(=O)c2ccc([N+](=O)[O-])cc2)c(-n2nc3ccccc3n2)c1. The van der Waals surface area contributed by atoms with Gasteiger partial charge in [0.1, 0.15) is 16.7 Å². The summed E-state index contributed by atoms with van der Waals surface area (Å²) in [5.74, 6) is -0.342. The summed E-state index contributed by atoms with van der Waals surface area (Å²) in [5.41, 5.74) is 3.02. The molecule has 4 aromatic rings. The van der Waals surface area contributed by atoms with Crippen molar-refractivity contribution in [1.82, 2.24) is 15.0 Å². The highest BCUT2D eigenvalue weighted by molar-refractivity contribution is 5.91. The van der Waals surface area contributed by atoms with Gasteiger partial charge in [-0.15, -0.1) is 15.0 Å². The van der Waals surface area contributed by atoms with Crippen LogP contribution in [0.2, 0.25) is 0 Å². The zero-order valence-electron chi connectivity index (χ0n) is 14.8. The minimum Gasteiger partial charge on any atom is -0.421 e. The maximum Gasteiger partial charge on any atom is 0.343 e. The molecule has 0 atom stereocenters. The minimum absolute atomic E-state index is 0.0972. The number of hydrogen-bond acceptors (Lipinski definition) is 6. The van der Waals surface area contributed by atoms with Gasteiger partial charge >= 0.3 is 5.97 Å². The molecule has 0 aliphatic carbocycles. The Labute approximate surface area is 159 Å². The molecule has 0 saturated heterocycles. The van der Waals surface area contributed by atoms with Gasteiger partial charge in [-0.3, -0.25) is 10.1 Å². The average Bonchev–Trinajstić information content (AvgIpc) is 3.13. The second kappa shape index (κ2) is 6.92. The zero-order valence-corrected chi connectivity index (χ0v) is 14.8. The normalized spacial score (nSPS) is 10.8. The molecule has 0 aliphatic heterocycles. The van der Waals surface area contributed by atoms with Crippen molar-refractivity contribution in [1.29, 1.82) is 0 Å². The lowest BCUT2D eigenvalue weighted by Gasteiger charge is -2.10. The average molecular weight is 374 g/mol. The number of nitro benzene ring substituents is 1. The Kier molecular flexibility index (Phi) is 4.29. The van der Waals surface area contributed by atoms with E-state index in [4.69, 9.17) is 4.74 Å². The summed E-state index contributed by atoms with van der Waals surface area (Å²) in [4.78, 5) is 24.1. The lowest BCUT2D eigenvalue weighted by molar-refractivity contribution is -0.384. The third-order valence-electron chi connectivity index (χ3n) is 4.13. The van der Waals surface area contributed by atoms with Gasteiger partial charge in [-0.2, -0.15) is 0 Å². The first-order valence-electron chi connectivity index (χ1n) is 8.41. The van der Waals surface area contributed by atoms with E-state index >= 15 is 0 Å². The van der Waals surface area contributed by atoms with Crippen LogP contribution in [0.25, 0.3) is 16.7 Å². The van der Waals surface area contributed by atoms with Crippen LogP contribution in [0.3, 0.4) is 0 Å². The molecule has 0 fully saturated rings. The summed E-state index contributed by atoms with van der Waals surface area (Å²) in [6.45, 7) is 1.91. The van der Waals surface area contributed by atoms with Crippen molar-refractivity contribution in [2.24, 2.45) is 0 Å². The predicted molar refractivity (Wildman–Crippen MR) is 102 cm³/mol. The number of aryl methyl sites for hydroxylation is 1. The van der Waals surface area contributed by atoms with E-state index < -0.39 is 10.9 Å². The Hall–Kier alpha value is -4.07. The number of carbonyl (C=O) groups is 1. The highest BCUT2D eigenvalue weighted by Crippen LogP contribution is 2.25. The maximum absolute atomic E-state index is 12.5. The van der Waals surface area contributed by atoms with E-state index in [0.29, 0.717) is 5.69 Å². The Bertz CT molecular complexity index is 1170. The molecule has 0 aliphatic rings. The molecule has 1 heterocycles. The molecule has 0 spiro atoms. The number of hydrogen-bond donors (Lipinski definition) is 0. The van der Waals surface area contributed by atoms with E-state index in [1.165, 1.54) is 29.1 Å². The van der Waals surface area contributed by atoms with Crippen molar-refractivity contribution in [3.63, 3.8) is 0 Å². The number of carbonyl (C=O) groups excluding carboxylic acids is 1. The molecule has 0 unspecified atom stereocenters. The van der Waals surface area contributed by atoms with Crippen molar-refractivity contribution < 1.29 is 14.5 Å². The van der Waals surface area contributed by atoms with Crippen LogP contribution < -0.4 is 4.74 Å². The van der Waals surface area contributed by atoms with Gasteiger partial charge in [0.05, 0.1) is 10.5 Å². The topological polar surface area (TPSA) is 100 Å². The molecule has 3 aromatic carbocycles. The number of ether oxygens (including phenoxy) is 1. The summed E-state index contributed by atoms with van der Waals surface area (Å²) >= 11 is 0. The van der Waals surface area contributed by atoms with Crippen LogP contribution >= 0.6 is 0 Å². The lowest BCUT2D eigenvalue weighted by Crippen LogP contribution is -2.11. The van der Waals surface area contributed by atoms with Crippen molar-refractivity contribution in [2.75, 3.05) is 0 Å². The van der Waals surface area contributed by atoms with E-state index in [1.54, 1.807) is 6.07 Å². The third kappa shape index (κ3) is 3.30. The monoisotopic (exact) mass is 374 g/mol. The van der Waals surface area contributed by atoms with E-state index in [9.17, 15) is 14.9 Å². The molecular weight excluding hydrogens is 360 g/mol. The van der Waals surface area contributed by atoms with E-state index in [-0.39, 0.29) is 17.0 Å². The van der Waals surface area contributed by atoms with Crippen LogP contribution in [-0.4, -0.2) is 25.9 Å². The fourth-order valence-corrected chi connectivity index (χ4v) is 2.72. The molecular formula is C20H14N4O4. The highest BCUT2D eigenvalue weighted by atomic mass is 16.6. The van der Waals surface area contributed by atoms with Gasteiger partial charge in [0.25, 0.3) is 5.69 Å². The molecule has 0 N–H and O–H groups in total. The van der Waals surface area contributed by atoms with Gasteiger partial charge in [0.2, 0.25) is 0 Å². The van der Waals surface area contributed by atoms with E-state index in [1.807, 2.05) is 43.3 Å². The molecule has 0 amide bonds. The zero-order chi connectivity index (χ0) is 19.7. The molecule has 138 valence electrons. The quantitative estimate of drug-likeness (QED) is 0.233. The van der Waals surface area contributed by atoms with Crippen LogP contribution in [0.4, 0.5) is 5.69 Å². The van der Waals surface area contributed by atoms with Crippen LogP contribution in [0.5, 0.6) is 5.75 Å². The highest BCUT2D eigenvalue weighted by Gasteiger charge is 2.16. The Morgan fingerprint density at radius 1 is 1.00 bits per heavy atom. The molecule has 0 bridgehead atoms. The Morgan fingerprint density at radius 3 is 2.25 bits per heavy atom. The Morgan fingerprint density at radius 2 is 1.64 bits per heavy atom. The second-order valence-corrected chi connectivity index (χ2v) is 6.14. The van der Waals surface area contributed by atoms with Crippen molar-refractivity contribution in [3.8, 4) is 11.4 Å². The van der Waals surface area contributed by atoms with Crippen molar-refractivity contribution in [3.05, 3.63) is 88.0 Å². The minimum atomic E-state index is -0.628. The summed E-state index contributed by atoms with van der Waals surface area (Å²) in [6, 6.07) is 17.9. The van der Waals surface area contributed by atoms with E-state index in [0.717, 1.165) is 16.6 Å². The standard InChI is InChI=1S/C20H14N4O4/c1-13-6-11-19(28-20(25)14-7-9-15(10-8-14)24(26)27)18(12-13)23-21-16-4-2-3-5-17(16)22-23/h2-12H,1H3. The molecule has 4 rings (SSSR count). The number of nitro groups is 1. The van der Waals surface area contributed by atoms with E-state index in [2.05, 4.69) is 10.2 Å². The van der Waals surface area contributed by atoms with Gasteiger partial charge in [0.15, 0.2) is 5.75 Å². The number of fused-ring (bicyclic) bond motifs is 1. The Balaban J connectivity index is 1.68. The first-order chi connectivity index (χ1) is 13.5. The van der Waals surface area contributed by atoms with Gasteiger partial charge in [-0.1, -0.05) is 18.2 Å². The molecule has 8 heteroatoms. The number of benzene rings is 3. The molecule has 28 heavy (non-hydrogen) atoms. The summed E-state index contributed by atoms with van der Waals surface area (Å²) < 4.78 is 5.53. The van der Waals surface area contributed by atoms with Crippen molar-refractivity contribution >= 4 is 22.7 Å². The van der Waals surface area contributed by atoms with Gasteiger partial charge in [-0.25, -0.2) is 4.79 Å². The predicted octanol–water partition coefficient (Wildman–Crippen LogP) is 3.86. The fourth-order valence-electron chi connectivity index (χ4n) is 2.72. The largest absolute Gasteiger partial charge is 0.421 e. The van der Waals surface area contributed by atoms with Crippen LogP contribution in [0, 0.1) is 17.0 Å². The molecule has 8 nitrogen and oxygen atoms in total.